The molecule has 0 fully saturated rings. The van der Waals surface area contributed by atoms with Crippen LogP contribution in [0.5, 0.6) is 23.0 Å². The van der Waals surface area contributed by atoms with Gasteiger partial charge in [0.25, 0.3) is 0 Å². The van der Waals surface area contributed by atoms with E-state index in [1.807, 2.05) is 0 Å². The predicted octanol–water partition coefficient (Wildman–Crippen LogP) is 3.56. The minimum Gasteiger partial charge on any atom is -0.508 e. The zero-order chi connectivity index (χ0) is 18.0. The number of aldehydes is 1. The topological polar surface area (TPSA) is 74.2 Å². The molecule has 3 rings (SSSR count). The Morgan fingerprint density at radius 2 is 1.72 bits per heavy atom. The van der Waals surface area contributed by atoms with Gasteiger partial charge < -0.3 is 24.1 Å². The molecular weight excluding hydrogens is 324 g/mol. The van der Waals surface area contributed by atoms with E-state index in [1.54, 1.807) is 43.5 Å². The molecule has 6 nitrogen and oxygen atoms in total. The summed E-state index contributed by atoms with van der Waals surface area (Å²) in [6.45, 7) is 0. The van der Waals surface area contributed by atoms with Crippen LogP contribution in [0.3, 0.4) is 0 Å². The Hall–Kier alpha value is -3.15. The molecule has 0 spiro atoms. The number of aliphatic hydroxyl groups excluding tert-OH is 1. The van der Waals surface area contributed by atoms with Gasteiger partial charge in [0.1, 0.15) is 23.5 Å². The van der Waals surface area contributed by atoms with Gasteiger partial charge in [-0.2, -0.15) is 0 Å². The van der Waals surface area contributed by atoms with E-state index in [4.69, 9.17) is 18.9 Å². The molecule has 130 valence electrons. The summed E-state index contributed by atoms with van der Waals surface area (Å²) >= 11 is 0. The van der Waals surface area contributed by atoms with Crippen molar-refractivity contribution in [2.24, 2.45) is 0 Å². The van der Waals surface area contributed by atoms with Crippen molar-refractivity contribution in [2.45, 2.75) is 6.10 Å². The van der Waals surface area contributed by atoms with Crippen LogP contribution < -0.4 is 18.9 Å². The van der Waals surface area contributed by atoms with Gasteiger partial charge in [0.05, 0.1) is 26.9 Å². The van der Waals surface area contributed by atoms with Crippen LogP contribution in [0.15, 0.2) is 36.1 Å². The summed E-state index contributed by atoms with van der Waals surface area (Å²) in [4.78, 5) is 11.1. The predicted molar refractivity (Wildman–Crippen MR) is 91.9 cm³/mol. The Balaban J connectivity index is 2.05. The van der Waals surface area contributed by atoms with Gasteiger partial charge in [-0.25, -0.2) is 0 Å². The van der Waals surface area contributed by atoms with E-state index >= 15 is 0 Å². The molecular formula is C19H18O6. The summed E-state index contributed by atoms with van der Waals surface area (Å²) in [6, 6.07) is 8.46. The molecule has 1 aliphatic heterocycles. The molecule has 0 saturated carbocycles. The van der Waals surface area contributed by atoms with Crippen LogP contribution in [0.2, 0.25) is 0 Å². The maximum atomic E-state index is 11.1. The van der Waals surface area contributed by atoms with Crippen molar-refractivity contribution < 1.29 is 28.8 Å². The van der Waals surface area contributed by atoms with Crippen molar-refractivity contribution in [3.8, 4) is 23.0 Å². The molecule has 0 aliphatic carbocycles. The minimum atomic E-state index is -0.723. The molecule has 0 saturated heterocycles. The van der Waals surface area contributed by atoms with E-state index in [-0.39, 0.29) is 5.76 Å². The van der Waals surface area contributed by atoms with Crippen LogP contribution in [-0.2, 0) is 0 Å². The van der Waals surface area contributed by atoms with E-state index in [1.165, 1.54) is 14.2 Å². The lowest BCUT2D eigenvalue weighted by molar-refractivity contribution is 0.112. The highest BCUT2D eigenvalue weighted by molar-refractivity contribution is 5.80. The summed E-state index contributed by atoms with van der Waals surface area (Å²) in [5, 5.41) is 10.4. The lowest BCUT2D eigenvalue weighted by Gasteiger charge is -2.26. The Labute approximate surface area is 145 Å². The van der Waals surface area contributed by atoms with Gasteiger partial charge in [-0.15, -0.1) is 0 Å². The Kier molecular flexibility index (Phi) is 4.52. The number of carbonyl (C=O) groups is 1. The first kappa shape index (κ1) is 16.7. The van der Waals surface area contributed by atoms with Crippen LogP contribution in [0, 0.1) is 0 Å². The summed E-state index contributed by atoms with van der Waals surface area (Å²) < 4.78 is 21.7. The van der Waals surface area contributed by atoms with E-state index in [9.17, 15) is 9.90 Å². The van der Waals surface area contributed by atoms with Crippen LogP contribution in [-0.4, -0.2) is 32.7 Å². The number of methoxy groups -OCH3 is 3. The van der Waals surface area contributed by atoms with Gasteiger partial charge >= 0.3 is 0 Å². The zero-order valence-electron chi connectivity index (χ0n) is 14.1. The van der Waals surface area contributed by atoms with Crippen molar-refractivity contribution in [3.05, 3.63) is 52.8 Å². The molecule has 1 heterocycles. The largest absolute Gasteiger partial charge is 0.508 e. The van der Waals surface area contributed by atoms with Crippen molar-refractivity contribution in [1.82, 2.24) is 0 Å². The Morgan fingerprint density at radius 1 is 1.00 bits per heavy atom. The van der Waals surface area contributed by atoms with Crippen LogP contribution in [0.4, 0.5) is 0 Å². The van der Waals surface area contributed by atoms with Crippen molar-refractivity contribution >= 4 is 12.4 Å². The Morgan fingerprint density at radius 3 is 2.36 bits per heavy atom. The maximum Gasteiger partial charge on any atom is 0.180 e. The third kappa shape index (κ3) is 2.98. The zero-order valence-corrected chi connectivity index (χ0v) is 14.1. The van der Waals surface area contributed by atoms with E-state index < -0.39 is 6.10 Å². The smallest absolute Gasteiger partial charge is 0.180 e. The fourth-order valence-electron chi connectivity index (χ4n) is 2.76. The molecule has 25 heavy (non-hydrogen) atoms. The molecule has 2 aromatic rings. The number of fused-ring (bicyclic) bond motifs is 1. The van der Waals surface area contributed by atoms with Gasteiger partial charge in [0, 0.05) is 11.1 Å². The molecule has 6 heteroatoms. The lowest BCUT2D eigenvalue weighted by atomic mass is 10.00. The molecule has 0 radical (unpaired) electrons. The first-order valence-electron chi connectivity index (χ1n) is 7.57. The molecule has 0 bridgehead atoms. The molecule has 1 N–H and O–H groups in total. The highest BCUT2D eigenvalue weighted by Gasteiger charge is 2.27. The fourth-order valence-corrected chi connectivity index (χ4v) is 2.76. The monoisotopic (exact) mass is 342 g/mol. The average molecular weight is 342 g/mol. The number of hydrogen-bond donors (Lipinski definition) is 1. The summed E-state index contributed by atoms with van der Waals surface area (Å²) in [7, 11) is 4.58. The standard InChI is InChI=1S/C19H18O6/c1-22-15-5-4-12(8-18(15)24-3)19-14(21)9-13-16(23-2)6-11(10-20)7-17(13)25-19/h4-10,19,21H,1-3H3/t19-/m1/s1. The summed E-state index contributed by atoms with van der Waals surface area (Å²) in [5.41, 5.74) is 1.70. The number of benzene rings is 2. The first-order valence-corrected chi connectivity index (χ1v) is 7.57. The van der Waals surface area contributed by atoms with Crippen LogP contribution in [0.25, 0.3) is 6.08 Å². The third-order valence-corrected chi connectivity index (χ3v) is 4.00. The SMILES string of the molecule is COc1ccc([C@H]2Oc3cc(C=O)cc(OC)c3C=C2O)cc1OC. The van der Waals surface area contributed by atoms with Crippen LogP contribution >= 0.6 is 0 Å². The Bertz CT molecular complexity index is 840. The highest BCUT2D eigenvalue weighted by Crippen LogP contribution is 2.42. The minimum absolute atomic E-state index is 0.0249. The van der Waals surface area contributed by atoms with Gasteiger partial charge in [-0.05, 0) is 30.3 Å². The van der Waals surface area contributed by atoms with E-state index in [0.29, 0.717) is 39.7 Å². The molecule has 2 aromatic carbocycles. The van der Waals surface area contributed by atoms with Gasteiger partial charge in [-0.1, -0.05) is 6.07 Å². The summed E-state index contributed by atoms with van der Waals surface area (Å²) in [6.07, 6.45) is 1.57. The first-order chi connectivity index (χ1) is 12.1. The number of rotatable bonds is 5. The quantitative estimate of drug-likeness (QED) is 0.838. The van der Waals surface area contributed by atoms with Gasteiger partial charge in [-0.3, -0.25) is 4.79 Å². The van der Waals surface area contributed by atoms with E-state index in [2.05, 4.69) is 0 Å². The van der Waals surface area contributed by atoms with Crippen molar-refractivity contribution in [1.29, 1.82) is 0 Å². The molecule has 1 atom stereocenters. The third-order valence-electron chi connectivity index (χ3n) is 4.00. The average Bonchev–Trinajstić information content (AvgIpc) is 2.66. The van der Waals surface area contributed by atoms with E-state index in [0.717, 1.165) is 6.29 Å². The van der Waals surface area contributed by atoms with Crippen LogP contribution in [0.1, 0.15) is 27.6 Å². The summed E-state index contributed by atoms with van der Waals surface area (Å²) in [5.74, 6) is 2.05. The van der Waals surface area contributed by atoms with Crippen molar-refractivity contribution in [2.75, 3.05) is 21.3 Å². The second-order valence-electron chi connectivity index (χ2n) is 5.43. The highest BCUT2D eigenvalue weighted by atomic mass is 16.5. The van der Waals surface area contributed by atoms with Gasteiger partial charge in [0.2, 0.25) is 0 Å². The molecule has 0 aromatic heterocycles. The van der Waals surface area contributed by atoms with Gasteiger partial charge in [0.15, 0.2) is 17.6 Å². The number of ether oxygens (including phenoxy) is 4. The number of hydrogen-bond acceptors (Lipinski definition) is 6. The molecule has 0 unspecified atom stereocenters. The second kappa shape index (κ2) is 6.76. The number of carbonyl (C=O) groups excluding carboxylic acids is 1. The van der Waals surface area contributed by atoms with Crippen molar-refractivity contribution in [3.63, 3.8) is 0 Å². The molecule has 1 aliphatic rings. The number of aliphatic hydroxyl groups is 1. The maximum absolute atomic E-state index is 11.1. The molecule has 0 amide bonds. The normalized spacial score (nSPS) is 15.5. The second-order valence-corrected chi connectivity index (χ2v) is 5.43. The lowest BCUT2D eigenvalue weighted by Crippen LogP contribution is -2.15. The fraction of sp³-hybridized carbons (Fsp3) is 0.211.